The lowest BCUT2D eigenvalue weighted by Gasteiger charge is -2.15. The SMILES string of the molecule is O=C(O)c1cc(S(=O)(=O)C2CCCCCC2)ccc1Cl. The molecular formula is C14H17ClO4S. The molecule has 1 aliphatic rings. The average molecular weight is 317 g/mol. The first-order valence-electron chi connectivity index (χ1n) is 6.69. The third kappa shape index (κ3) is 3.15. The van der Waals surface area contributed by atoms with E-state index in [1.807, 2.05) is 0 Å². The zero-order chi connectivity index (χ0) is 14.8. The van der Waals surface area contributed by atoms with Crippen LogP contribution >= 0.6 is 11.6 Å². The smallest absolute Gasteiger partial charge is 0.337 e. The van der Waals surface area contributed by atoms with E-state index in [0.29, 0.717) is 12.8 Å². The van der Waals surface area contributed by atoms with Gasteiger partial charge in [0, 0.05) is 0 Å². The zero-order valence-electron chi connectivity index (χ0n) is 11.0. The second kappa shape index (κ2) is 6.14. The number of rotatable bonds is 3. The summed E-state index contributed by atoms with van der Waals surface area (Å²) in [5, 5.41) is 8.68. The van der Waals surface area contributed by atoms with Gasteiger partial charge in [-0.15, -0.1) is 0 Å². The maximum absolute atomic E-state index is 12.6. The van der Waals surface area contributed by atoms with E-state index in [4.69, 9.17) is 16.7 Å². The lowest BCUT2D eigenvalue weighted by Crippen LogP contribution is -2.21. The largest absolute Gasteiger partial charge is 0.478 e. The highest BCUT2D eigenvalue weighted by Gasteiger charge is 2.29. The highest BCUT2D eigenvalue weighted by atomic mass is 35.5. The van der Waals surface area contributed by atoms with E-state index in [0.717, 1.165) is 25.7 Å². The molecule has 1 fully saturated rings. The summed E-state index contributed by atoms with van der Waals surface area (Å²) in [5.74, 6) is -1.21. The van der Waals surface area contributed by atoms with Crippen molar-refractivity contribution in [1.29, 1.82) is 0 Å². The standard InChI is InChI=1S/C14H17ClO4S/c15-13-8-7-11(9-12(13)14(16)17)20(18,19)10-5-3-1-2-4-6-10/h7-10H,1-6H2,(H,16,17). The van der Waals surface area contributed by atoms with E-state index in [1.165, 1.54) is 18.2 Å². The van der Waals surface area contributed by atoms with Gasteiger partial charge in [-0.25, -0.2) is 13.2 Å². The molecule has 0 radical (unpaired) electrons. The van der Waals surface area contributed by atoms with Crippen molar-refractivity contribution in [3.8, 4) is 0 Å². The van der Waals surface area contributed by atoms with Gasteiger partial charge < -0.3 is 5.11 Å². The molecule has 1 aromatic carbocycles. The van der Waals surface area contributed by atoms with E-state index >= 15 is 0 Å². The van der Waals surface area contributed by atoms with Gasteiger partial charge in [0.1, 0.15) is 0 Å². The number of benzene rings is 1. The van der Waals surface area contributed by atoms with Gasteiger partial charge in [0.05, 0.1) is 20.7 Å². The minimum Gasteiger partial charge on any atom is -0.478 e. The van der Waals surface area contributed by atoms with Crippen LogP contribution in [0.1, 0.15) is 48.9 Å². The molecule has 1 aliphatic carbocycles. The number of hydrogen-bond donors (Lipinski definition) is 1. The van der Waals surface area contributed by atoms with Crippen molar-refractivity contribution in [3.05, 3.63) is 28.8 Å². The second-order valence-electron chi connectivity index (χ2n) is 5.11. The monoisotopic (exact) mass is 316 g/mol. The van der Waals surface area contributed by atoms with Crippen LogP contribution in [0.25, 0.3) is 0 Å². The molecule has 1 saturated carbocycles. The highest BCUT2D eigenvalue weighted by Crippen LogP contribution is 2.29. The van der Waals surface area contributed by atoms with Gasteiger partial charge in [-0.2, -0.15) is 0 Å². The Balaban J connectivity index is 2.38. The van der Waals surface area contributed by atoms with Crippen LogP contribution in [0.5, 0.6) is 0 Å². The highest BCUT2D eigenvalue weighted by molar-refractivity contribution is 7.92. The molecule has 2 rings (SSSR count). The maximum Gasteiger partial charge on any atom is 0.337 e. The minimum atomic E-state index is -3.48. The molecule has 110 valence electrons. The summed E-state index contributed by atoms with van der Waals surface area (Å²) in [5.41, 5.74) is -0.165. The first kappa shape index (κ1) is 15.3. The van der Waals surface area contributed by atoms with Crippen molar-refractivity contribution in [2.75, 3.05) is 0 Å². The van der Waals surface area contributed by atoms with Gasteiger partial charge in [0.15, 0.2) is 9.84 Å². The van der Waals surface area contributed by atoms with E-state index in [2.05, 4.69) is 0 Å². The molecule has 0 amide bonds. The van der Waals surface area contributed by atoms with E-state index < -0.39 is 21.1 Å². The summed E-state index contributed by atoms with van der Waals surface area (Å²) in [7, 11) is -3.48. The second-order valence-corrected chi connectivity index (χ2v) is 7.74. The van der Waals surface area contributed by atoms with E-state index in [1.54, 1.807) is 0 Å². The van der Waals surface area contributed by atoms with Gasteiger partial charge in [0.25, 0.3) is 0 Å². The number of halogens is 1. The first-order valence-corrected chi connectivity index (χ1v) is 8.62. The zero-order valence-corrected chi connectivity index (χ0v) is 12.6. The van der Waals surface area contributed by atoms with Crippen LogP contribution in [-0.4, -0.2) is 24.7 Å². The molecule has 0 bridgehead atoms. The van der Waals surface area contributed by atoms with Gasteiger partial charge in [-0.05, 0) is 31.0 Å². The molecular weight excluding hydrogens is 300 g/mol. The number of carbonyl (C=O) groups is 1. The van der Waals surface area contributed by atoms with Crippen molar-refractivity contribution >= 4 is 27.4 Å². The predicted octanol–water partition coefficient (Wildman–Crippen LogP) is 3.53. The number of carboxylic acids is 1. The van der Waals surface area contributed by atoms with Crippen LogP contribution in [0.3, 0.4) is 0 Å². The minimum absolute atomic E-state index is 0.0531. The summed E-state index contributed by atoms with van der Waals surface area (Å²) in [6.45, 7) is 0. The van der Waals surface area contributed by atoms with Crippen molar-refractivity contribution in [3.63, 3.8) is 0 Å². The van der Waals surface area contributed by atoms with Crippen LogP contribution in [0.4, 0.5) is 0 Å². The van der Waals surface area contributed by atoms with Crippen LogP contribution in [0, 0.1) is 0 Å². The number of sulfone groups is 1. The quantitative estimate of drug-likeness (QED) is 0.866. The Morgan fingerprint density at radius 2 is 1.75 bits per heavy atom. The van der Waals surface area contributed by atoms with Crippen molar-refractivity contribution in [1.82, 2.24) is 0 Å². The van der Waals surface area contributed by atoms with E-state index in [9.17, 15) is 13.2 Å². The van der Waals surface area contributed by atoms with Gasteiger partial charge in [-0.3, -0.25) is 0 Å². The molecule has 1 aromatic rings. The molecule has 4 nitrogen and oxygen atoms in total. The number of hydrogen-bond acceptors (Lipinski definition) is 3. The van der Waals surface area contributed by atoms with Crippen molar-refractivity contribution < 1.29 is 18.3 Å². The predicted molar refractivity (Wildman–Crippen MR) is 77.1 cm³/mol. The molecule has 1 N–H and O–H groups in total. The molecule has 0 aromatic heterocycles. The van der Waals surface area contributed by atoms with Crippen LogP contribution < -0.4 is 0 Å². The lowest BCUT2D eigenvalue weighted by atomic mass is 10.2. The van der Waals surface area contributed by atoms with Crippen LogP contribution in [-0.2, 0) is 9.84 Å². The summed E-state index contributed by atoms with van der Waals surface area (Å²) in [4.78, 5) is 11.1. The number of aromatic carboxylic acids is 1. The Kier molecular flexibility index (Phi) is 4.70. The summed E-state index contributed by atoms with van der Waals surface area (Å²) in [6, 6.07) is 3.91. The summed E-state index contributed by atoms with van der Waals surface area (Å²) < 4.78 is 25.2. The topological polar surface area (TPSA) is 71.4 Å². The lowest BCUT2D eigenvalue weighted by molar-refractivity contribution is 0.0697. The molecule has 20 heavy (non-hydrogen) atoms. The van der Waals surface area contributed by atoms with E-state index in [-0.39, 0.29) is 15.5 Å². The van der Waals surface area contributed by atoms with Crippen LogP contribution in [0.15, 0.2) is 23.1 Å². The fourth-order valence-electron chi connectivity index (χ4n) is 2.59. The first-order chi connectivity index (χ1) is 9.43. The average Bonchev–Trinajstić information content (AvgIpc) is 2.67. The third-order valence-corrected chi connectivity index (χ3v) is 6.33. The van der Waals surface area contributed by atoms with Crippen molar-refractivity contribution in [2.24, 2.45) is 0 Å². The number of carboxylic acid groups (broad SMARTS) is 1. The fourth-order valence-corrected chi connectivity index (χ4v) is 4.67. The Hall–Kier alpha value is -1.07. The van der Waals surface area contributed by atoms with Gasteiger partial charge >= 0.3 is 5.97 Å². The Bertz CT molecular complexity index is 602. The molecule has 0 saturated heterocycles. The molecule has 0 spiro atoms. The van der Waals surface area contributed by atoms with Crippen molar-refractivity contribution in [2.45, 2.75) is 48.7 Å². The Labute approximate surface area is 123 Å². The molecule has 0 atom stereocenters. The third-order valence-electron chi connectivity index (χ3n) is 3.74. The van der Waals surface area contributed by atoms with Gasteiger partial charge in [-0.1, -0.05) is 37.3 Å². The Morgan fingerprint density at radius 1 is 1.15 bits per heavy atom. The summed E-state index contributed by atoms with van der Waals surface area (Å²) in [6.07, 6.45) is 5.23. The van der Waals surface area contributed by atoms with Gasteiger partial charge in [0.2, 0.25) is 0 Å². The summed E-state index contributed by atoms with van der Waals surface area (Å²) >= 11 is 5.78. The fraction of sp³-hybridized carbons (Fsp3) is 0.500. The van der Waals surface area contributed by atoms with Crippen LogP contribution in [0.2, 0.25) is 5.02 Å². The molecule has 0 unspecified atom stereocenters. The molecule has 0 aliphatic heterocycles. The molecule has 0 heterocycles. The molecule has 6 heteroatoms. The normalized spacial score (nSPS) is 17.6. The maximum atomic E-state index is 12.6. The Morgan fingerprint density at radius 3 is 2.30 bits per heavy atom.